The lowest BCUT2D eigenvalue weighted by atomic mass is 10.8. The van der Waals surface area contributed by atoms with E-state index < -0.39 is 37.5 Å². The van der Waals surface area contributed by atoms with Gasteiger partial charge in [-0.1, -0.05) is 0 Å². The van der Waals surface area contributed by atoms with Crippen molar-refractivity contribution in [3.8, 4) is 0 Å². The van der Waals surface area contributed by atoms with E-state index in [0.29, 0.717) is 0 Å². The molecule has 0 aromatic heterocycles. The zero-order chi connectivity index (χ0) is 14.6. The SMILES string of the molecule is O=C(O)COOCC(=O)O.O=C(O)OOC(=O)O. The molecule has 0 radical (unpaired) electrons. The molecule has 4 N–H and O–H groups in total. The highest BCUT2D eigenvalue weighted by molar-refractivity contribution is 5.68. The largest absolute Gasteiger partial charge is 0.547 e. The van der Waals surface area contributed by atoms with Gasteiger partial charge in [0.05, 0.1) is 0 Å². The standard InChI is InChI=1S/C4H6O6.C2H2O6/c5-3(6)1-9-10-2-4(7)8;3-1(4)7-8-2(5)6/h1-2H2,(H,5,6)(H,7,8);(H,3,4)(H,5,6). The fourth-order valence-corrected chi connectivity index (χ4v) is 0.255. The Balaban J connectivity index is 0. The van der Waals surface area contributed by atoms with Crippen LogP contribution in [0.2, 0.25) is 0 Å². The van der Waals surface area contributed by atoms with Gasteiger partial charge in [0, 0.05) is 0 Å². The highest BCUT2D eigenvalue weighted by Gasteiger charge is 2.01. The van der Waals surface area contributed by atoms with Crippen molar-refractivity contribution in [2.75, 3.05) is 13.2 Å². The molecule has 0 fully saturated rings. The summed E-state index contributed by atoms with van der Waals surface area (Å²) in [7, 11) is 0. The summed E-state index contributed by atoms with van der Waals surface area (Å²) in [5.74, 6) is -2.43. The summed E-state index contributed by atoms with van der Waals surface area (Å²) >= 11 is 0. The summed E-state index contributed by atoms with van der Waals surface area (Å²) in [5, 5.41) is 31.0. The van der Waals surface area contributed by atoms with E-state index in [1.807, 2.05) is 0 Å². The molecule has 0 aliphatic heterocycles. The van der Waals surface area contributed by atoms with Crippen LogP contribution in [0.15, 0.2) is 0 Å². The van der Waals surface area contributed by atoms with Crippen LogP contribution in [0, 0.1) is 0 Å². The van der Waals surface area contributed by atoms with Gasteiger partial charge in [-0.25, -0.2) is 38.7 Å². The van der Waals surface area contributed by atoms with E-state index in [1.54, 1.807) is 0 Å². The first-order chi connectivity index (χ1) is 8.25. The molecule has 12 nitrogen and oxygen atoms in total. The van der Waals surface area contributed by atoms with Crippen LogP contribution in [0.1, 0.15) is 0 Å². The smallest absolute Gasteiger partial charge is 0.479 e. The van der Waals surface area contributed by atoms with Crippen LogP contribution >= 0.6 is 0 Å². The van der Waals surface area contributed by atoms with E-state index in [2.05, 4.69) is 19.6 Å². The number of carbonyl (C=O) groups is 4. The van der Waals surface area contributed by atoms with Gasteiger partial charge in [-0.3, -0.25) is 0 Å². The highest BCUT2D eigenvalue weighted by atomic mass is 17.2. The van der Waals surface area contributed by atoms with Crippen LogP contribution < -0.4 is 0 Å². The fraction of sp³-hybridized carbons (Fsp3) is 0.333. The summed E-state index contributed by atoms with van der Waals surface area (Å²) in [6, 6.07) is 0. The van der Waals surface area contributed by atoms with E-state index in [9.17, 15) is 19.2 Å². The molecule has 104 valence electrons. The molecule has 0 aromatic rings. The highest BCUT2D eigenvalue weighted by Crippen LogP contribution is 1.78. The molecule has 0 saturated carbocycles. The summed E-state index contributed by atoms with van der Waals surface area (Å²) in [5.41, 5.74) is 0. The third kappa shape index (κ3) is 23.3. The maximum atomic E-state index is 9.69. The number of hydrogen-bond acceptors (Lipinski definition) is 8. The maximum Gasteiger partial charge on any atom is 0.547 e. The van der Waals surface area contributed by atoms with Gasteiger partial charge >= 0.3 is 24.2 Å². The fourth-order valence-electron chi connectivity index (χ4n) is 0.255. The lowest BCUT2D eigenvalue weighted by molar-refractivity contribution is -0.289. The van der Waals surface area contributed by atoms with E-state index in [1.165, 1.54) is 0 Å². The van der Waals surface area contributed by atoms with Gasteiger partial charge in [-0.2, -0.15) is 0 Å². The number of hydrogen-bond donors (Lipinski definition) is 4. The summed E-state index contributed by atoms with van der Waals surface area (Å²) in [4.78, 5) is 52.1. The summed E-state index contributed by atoms with van der Waals surface area (Å²) in [6.45, 7) is -1.32. The normalized spacial score (nSPS) is 8.44. The molecule has 0 atom stereocenters. The molecule has 0 rings (SSSR count). The zero-order valence-electron chi connectivity index (χ0n) is 8.47. The molecule has 12 heteroatoms. The minimum atomic E-state index is -1.80. The second-order valence-corrected chi connectivity index (χ2v) is 2.01. The Hall–Kier alpha value is -2.60. The van der Waals surface area contributed by atoms with E-state index in [4.69, 9.17) is 20.4 Å². The average molecular weight is 272 g/mol. The van der Waals surface area contributed by atoms with Crippen molar-refractivity contribution in [2.45, 2.75) is 0 Å². The van der Waals surface area contributed by atoms with Crippen molar-refractivity contribution in [3.63, 3.8) is 0 Å². The van der Waals surface area contributed by atoms with Gasteiger partial charge in [0.2, 0.25) is 0 Å². The van der Waals surface area contributed by atoms with Crippen molar-refractivity contribution < 1.29 is 59.2 Å². The first kappa shape index (κ1) is 17.8. The molecule has 0 unspecified atom stereocenters. The van der Waals surface area contributed by atoms with E-state index in [0.717, 1.165) is 0 Å². The van der Waals surface area contributed by atoms with Gasteiger partial charge in [0.1, 0.15) is 0 Å². The van der Waals surface area contributed by atoms with Crippen LogP contribution in [0.5, 0.6) is 0 Å². The number of carboxylic acid groups (broad SMARTS) is 4. The first-order valence-electron chi connectivity index (χ1n) is 3.74. The Morgan fingerprint density at radius 1 is 0.667 bits per heavy atom. The van der Waals surface area contributed by atoms with Crippen molar-refractivity contribution in [1.29, 1.82) is 0 Å². The molecule has 0 aliphatic rings. The lowest BCUT2D eigenvalue weighted by Crippen LogP contribution is -2.12. The minimum absolute atomic E-state index is 0.659. The van der Waals surface area contributed by atoms with E-state index in [-0.39, 0.29) is 0 Å². The lowest BCUT2D eigenvalue weighted by Gasteiger charge is -1.95. The third-order valence-corrected chi connectivity index (χ3v) is 0.632. The van der Waals surface area contributed by atoms with Gasteiger partial charge in [-0.15, -0.1) is 0 Å². The van der Waals surface area contributed by atoms with Crippen LogP contribution in [-0.4, -0.2) is 57.9 Å². The van der Waals surface area contributed by atoms with Crippen molar-refractivity contribution in [2.24, 2.45) is 0 Å². The molecular weight excluding hydrogens is 264 g/mol. The van der Waals surface area contributed by atoms with Gasteiger partial charge in [0.25, 0.3) is 0 Å². The predicted octanol–water partition coefficient (Wildman–Crippen LogP) is -0.606. The summed E-state index contributed by atoms with van der Waals surface area (Å²) < 4.78 is 0. The van der Waals surface area contributed by atoms with Gasteiger partial charge in [0.15, 0.2) is 13.2 Å². The Labute approximate surface area is 97.7 Å². The van der Waals surface area contributed by atoms with Crippen LogP contribution in [0.4, 0.5) is 9.59 Å². The molecule has 0 aromatic carbocycles. The van der Waals surface area contributed by atoms with Crippen molar-refractivity contribution >= 4 is 24.2 Å². The monoisotopic (exact) mass is 272 g/mol. The minimum Gasteiger partial charge on any atom is -0.479 e. The predicted molar refractivity (Wildman–Crippen MR) is 45.4 cm³/mol. The number of aliphatic carboxylic acids is 2. The van der Waals surface area contributed by atoms with Crippen LogP contribution in [-0.2, 0) is 29.1 Å². The average Bonchev–Trinajstić information content (AvgIpc) is 2.22. The Morgan fingerprint density at radius 3 is 1.11 bits per heavy atom. The molecule has 0 bridgehead atoms. The Kier molecular flexibility index (Phi) is 10.8. The van der Waals surface area contributed by atoms with Crippen LogP contribution in [0.3, 0.4) is 0 Å². The molecule has 0 heterocycles. The maximum absolute atomic E-state index is 9.69. The quantitative estimate of drug-likeness (QED) is 0.283. The number of rotatable bonds is 5. The zero-order valence-corrected chi connectivity index (χ0v) is 8.47. The first-order valence-corrected chi connectivity index (χ1v) is 3.74. The van der Waals surface area contributed by atoms with Crippen molar-refractivity contribution in [3.05, 3.63) is 0 Å². The Morgan fingerprint density at radius 2 is 0.944 bits per heavy atom. The van der Waals surface area contributed by atoms with Crippen molar-refractivity contribution in [1.82, 2.24) is 0 Å². The topological polar surface area (TPSA) is 186 Å². The second-order valence-electron chi connectivity index (χ2n) is 2.01. The van der Waals surface area contributed by atoms with Crippen LogP contribution in [0.25, 0.3) is 0 Å². The molecule has 0 saturated heterocycles. The molecule has 0 spiro atoms. The molecule has 0 amide bonds. The number of carboxylic acids is 2. The summed E-state index contributed by atoms with van der Waals surface area (Å²) in [6.07, 6.45) is -3.60. The molecule has 18 heavy (non-hydrogen) atoms. The third-order valence-electron chi connectivity index (χ3n) is 0.632. The molecule has 0 aliphatic carbocycles. The van der Waals surface area contributed by atoms with Gasteiger partial charge in [-0.05, 0) is 0 Å². The van der Waals surface area contributed by atoms with Gasteiger partial charge < -0.3 is 20.4 Å². The molecular formula is C6H8O12. The Bertz CT molecular complexity index is 265. The van der Waals surface area contributed by atoms with E-state index >= 15 is 0 Å². The second kappa shape index (κ2) is 10.9.